The van der Waals surface area contributed by atoms with Crippen molar-refractivity contribution in [3.05, 3.63) is 42.4 Å². The van der Waals surface area contributed by atoms with Crippen molar-refractivity contribution in [1.82, 2.24) is 15.2 Å². The van der Waals surface area contributed by atoms with Gasteiger partial charge in [0.25, 0.3) is 10.0 Å². The molecule has 0 bridgehead atoms. The summed E-state index contributed by atoms with van der Waals surface area (Å²) in [7, 11) is -3.80. The van der Waals surface area contributed by atoms with Crippen LogP contribution in [-0.2, 0) is 10.0 Å². The van der Waals surface area contributed by atoms with Crippen LogP contribution >= 0.6 is 0 Å². The van der Waals surface area contributed by atoms with Crippen molar-refractivity contribution in [2.24, 2.45) is 0 Å². The Labute approximate surface area is 122 Å². The van der Waals surface area contributed by atoms with Crippen LogP contribution in [0.25, 0.3) is 0 Å². The molecule has 0 aliphatic heterocycles. The summed E-state index contributed by atoms with van der Waals surface area (Å²) in [5, 5.41) is 15.9. The molecule has 108 valence electrons. The van der Waals surface area contributed by atoms with Crippen LogP contribution in [0.1, 0.15) is 12.0 Å². The van der Waals surface area contributed by atoms with Gasteiger partial charge in [-0.3, -0.25) is 9.71 Å². The Bertz CT molecular complexity index is 767. The van der Waals surface area contributed by atoms with Crippen LogP contribution in [-0.4, -0.2) is 35.3 Å². The summed E-state index contributed by atoms with van der Waals surface area (Å²) in [6.45, 7) is -0.0490. The van der Waals surface area contributed by atoms with Crippen LogP contribution in [0.3, 0.4) is 0 Å². The molecule has 0 unspecified atom stereocenters. The van der Waals surface area contributed by atoms with Gasteiger partial charge in [-0.25, -0.2) is 8.42 Å². The van der Waals surface area contributed by atoms with Crippen LogP contribution < -0.4 is 4.72 Å². The van der Waals surface area contributed by atoms with Crippen molar-refractivity contribution < 1.29 is 13.5 Å². The molecule has 2 aromatic rings. The second-order valence-electron chi connectivity index (χ2n) is 3.90. The van der Waals surface area contributed by atoms with E-state index in [1.807, 2.05) is 0 Å². The Morgan fingerprint density at radius 1 is 1.33 bits per heavy atom. The molecule has 2 N–H and O–H groups in total. The van der Waals surface area contributed by atoms with E-state index in [0.29, 0.717) is 12.0 Å². The molecule has 0 atom stereocenters. The third-order valence-corrected chi connectivity index (χ3v) is 3.63. The van der Waals surface area contributed by atoms with Crippen molar-refractivity contribution in [2.75, 3.05) is 11.3 Å². The van der Waals surface area contributed by atoms with Crippen LogP contribution in [0.5, 0.6) is 0 Å². The Balaban J connectivity index is 2.25. The van der Waals surface area contributed by atoms with Crippen LogP contribution in [0, 0.1) is 11.8 Å². The van der Waals surface area contributed by atoms with Gasteiger partial charge in [-0.1, -0.05) is 11.8 Å². The van der Waals surface area contributed by atoms with E-state index < -0.39 is 10.0 Å². The van der Waals surface area contributed by atoms with Gasteiger partial charge in [0.05, 0.1) is 6.61 Å². The number of nitrogens with zero attached hydrogens (tertiary/aromatic N) is 3. The molecule has 2 rings (SSSR count). The number of aromatic nitrogens is 3. The maximum atomic E-state index is 12.2. The fraction of sp³-hybridized carbons (Fsp3) is 0.154. The topological polar surface area (TPSA) is 105 Å². The summed E-state index contributed by atoms with van der Waals surface area (Å²) in [5.41, 5.74) is 0.450. The highest BCUT2D eigenvalue weighted by Gasteiger charge is 2.15. The highest BCUT2D eigenvalue weighted by Crippen LogP contribution is 2.13. The highest BCUT2D eigenvalue weighted by molar-refractivity contribution is 7.92. The van der Waals surface area contributed by atoms with Crippen molar-refractivity contribution in [2.45, 2.75) is 11.3 Å². The van der Waals surface area contributed by atoms with Gasteiger partial charge in [-0.05, 0) is 18.2 Å². The van der Waals surface area contributed by atoms with Crippen molar-refractivity contribution >= 4 is 15.8 Å². The Hall–Kier alpha value is -2.50. The number of sulfonamides is 1. The maximum absolute atomic E-state index is 12.2. The van der Waals surface area contributed by atoms with Gasteiger partial charge in [-0.2, -0.15) is 5.10 Å². The number of aliphatic hydroxyl groups is 1. The zero-order valence-corrected chi connectivity index (χ0v) is 11.7. The van der Waals surface area contributed by atoms with E-state index in [2.05, 4.69) is 31.7 Å². The average molecular weight is 304 g/mol. The first kappa shape index (κ1) is 14.9. The number of anilines is 1. The largest absolute Gasteiger partial charge is 0.395 e. The Morgan fingerprint density at radius 3 is 2.90 bits per heavy atom. The quantitative estimate of drug-likeness (QED) is 0.792. The van der Waals surface area contributed by atoms with Crippen LogP contribution in [0.15, 0.2) is 41.7 Å². The summed E-state index contributed by atoms with van der Waals surface area (Å²) in [5.74, 6) is 5.55. The number of aliphatic hydroxyl groups excluding tert-OH is 1. The summed E-state index contributed by atoms with van der Waals surface area (Å²) < 4.78 is 26.7. The minimum absolute atomic E-state index is 0.0241. The first-order chi connectivity index (χ1) is 10.1. The van der Waals surface area contributed by atoms with Gasteiger partial charge in [0.2, 0.25) is 0 Å². The molecule has 0 amide bonds. The lowest BCUT2D eigenvalue weighted by molar-refractivity contribution is 0.305. The molecule has 0 spiro atoms. The molecule has 0 aliphatic rings. The molecule has 2 aromatic heterocycles. The van der Waals surface area contributed by atoms with E-state index >= 15 is 0 Å². The molecule has 8 heteroatoms. The van der Waals surface area contributed by atoms with Crippen molar-refractivity contribution in [3.8, 4) is 11.8 Å². The molecule has 0 aliphatic carbocycles. The smallest absolute Gasteiger partial charge is 0.264 e. The third-order valence-electron chi connectivity index (χ3n) is 2.30. The fourth-order valence-corrected chi connectivity index (χ4v) is 2.39. The van der Waals surface area contributed by atoms with E-state index in [0.717, 1.165) is 0 Å². The number of hydrogen-bond acceptors (Lipinski definition) is 6. The third kappa shape index (κ3) is 4.24. The van der Waals surface area contributed by atoms with Gasteiger partial charge in [-0.15, -0.1) is 5.10 Å². The van der Waals surface area contributed by atoms with E-state index in [-0.39, 0.29) is 17.3 Å². The molecule has 0 saturated carbocycles. The number of hydrogen-bond donors (Lipinski definition) is 2. The van der Waals surface area contributed by atoms with Crippen LogP contribution in [0.4, 0.5) is 5.82 Å². The lowest BCUT2D eigenvalue weighted by Gasteiger charge is -2.06. The molecule has 7 nitrogen and oxygen atoms in total. The lowest BCUT2D eigenvalue weighted by Crippen LogP contribution is -2.14. The second kappa shape index (κ2) is 6.78. The van der Waals surface area contributed by atoms with E-state index in [1.54, 1.807) is 6.07 Å². The molecular weight excluding hydrogens is 292 g/mol. The minimum atomic E-state index is -3.80. The monoisotopic (exact) mass is 304 g/mol. The summed E-state index contributed by atoms with van der Waals surface area (Å²) >= 11 is 0. The maximum Gasteiger partial charge on any atom is 0.264 e. The predicted molar refractivity (Wildman–Crippen MR) is 75.7 cm³/mol. The molecule has 0 aromatic carbocycles. The standard InChI is InChI=1S/C13H12N4O3S/c18-7-2-1-4-11-8-12(10-14-9-11)21(19,20)17-13-5-3-6-15-16-13/h3,5-6,8-10,18H,2,7H2,(H,16,17). The SMILES string of the molecule is O=S(=O)(Nc1cccnn1)c1cncc(C#CCCO)c1. The number of rotatable bonds is 4. The van der Waals surface area contributed by atoms with Crippen molar-refractivity contribution in [1.29, 1.82) is 0 Å². The van der Waals surface area contributed by atoms with Crippen molar-refractivity contribution in [3.63, 3.8) is 0 Å². The normalized spacial score (nSPS) is 10.5. The summed E-state index contributed by atoms with van der Waals surface area (Å²) in [4.78, 5) is 3.83. The first-order valence-electron chi connectivity index (χ1n) is 5.97. The predicted octanol–water partition coefficient (Wildman–Crippen LogP) is 0.406. The molecule has 0 radical (unpaired) electrons. The molecule has 2 heterocycles. The minimum Gasteiger partial charge on any atom is -0.395 e. The van der Waals surface area contributed by atoms with Gasteiger partial charge in [0, 0.05) is 30.6 Å². The van der Waals surface area contributed by atoms with E-state index in [9.17, 15) is 8.42 Å². The van der Waals surface area contributed by atoms with Gasteiger partial charge in [0.15, 0.2) is 5.82 Å². The number of pyridine rings is 1. The Morgan fingerprint density at radius 2 is 2.19 bits per heavy atom. The zero-order chi connectivity index (χ0) is 15.1. The second-order valence-corrected chi connectivity index (χ2v) is 5.58. The van der Waals surface area contributed by atoms with Crippen LogP contribution in [0.2, 0.25) is 0 Å². The zero-order valence-electron chi connectivity index (χ0n) is 10.9. The molecule has 0 fully saturated rings. The highest BCUT2D eigenvalue weighted by atomic mass is 32.2. The van der Waals surface area contributed by atoms with Gasteiger partial charge in [0.1, 0.15) is 4.90 Å². The molecule has 21 heavy (non-hydrogen) atoms. The fourth-order valence-electron chi connectivity index (χ4n) is 1.41. The summed E-state index contributed by atoms with van der Waals surface area (Å²) in [6, 6.07) is 4.46. The molecule has 0 saturated heterocycles. The lowest BCUT2D eigenvalue weighted by atomic mass is 10.3. The first-order valence-corrected chi connectivity index (χ1v) is 7.45. The Kier molecular flexibility index (Phi) is 4.81. The van der Waals surface area contributed by atoms with Gasteiger partial charge < -0.3 is 5.11 Å². The van der Waals surface area contributed by atoms with E-state index in [4.69, 9.17) is 5.11 Å². The average Bonchev–Trinajstić information content (AvgIpc) is 2.48. The summed E-state index contributed by atoms with van der Waals surface area (Å²) in [6.07, 6.45) is 4.42. The van der Waals surface area contributed by atoms with Gasteiger partial charge >= 0.3 is 0 Å². The number of nitrogens with one attached hydrogen (secondary N) is 1. The molecular formula is C13H12N4O3S. The van der Waals surface area contributed by atoms with E-state index in [1.165, 1.54) is 30.7 Å².